The number of nitrogens with zero attached hydrogens (tertiary/aromatic N) is 5. The van der Waals surface area contributed by atoms with Gasteiger partial charge in [0.2, 0.25) is 0 Å². The molecule has 9 nitrogen and oxygen atoms in total. The highest BCUT2D eigenvalue weighted by molar-refractivity contribution is 6.31. The van der Waals surface area contributed by atoms with Crippen LogP contribution in [0.2, 0.25) is 5.02 Å². The molecule has 3 rings (SSSR count). The van der Waals surface area contributed by atoms with Gasteiger partial charge in [0.25, 0.3) is 17.7 Å². The van der Waals surface area contributed by atoms with E-state index in [0.717, 1.165) is 10.7 Å². The minimum absolute atomic E-state index is 0.00397. The van der Waals surface area contributed by atoms with Crippen LogP contribution in [-0.2, 0) is 6.18 Å². The van der Waals surface area contributed by atoms with Crippen molar-refractivity contribution in [2.45, 2.75) is 19.1 Å². The summed E-state index contributed by atoms with van der Waals surface area (Å²) in [5.74, 6) is -2.91. The molecule has 3 aromatic rings. The second-order valence-corrected chi connectivity index (χ2v) is 6.42. The lowest BCUT2D eigenvalue weighted by molar-refractivity contribution is -0.137. The Kier molecular flexibility index (Phi) is 5.69. The Labute approximate surface area is 171 Å². The van der Waals surface area contributed by atoms with Crippen molar-refractivity contribution in [1.29, 1.82) is 0 Å². The number of carboxylic acids is 1. The van der Waals surface area contributed by atoms with Gasteiger partial charge in [-0.2, -0.15) is 17.9 Å². The molecule has 0 radical (unpaired) electrons. The highest BCUT2D eigenvalue weighted by Crippen LogP contribution is 2.32. The number of carbonyl (C=O) groups excluding carboxylic acids is 1. The van der Waals surface area contributed by atoms with Gasteiger partial charge in [-0.25, -0.2) is 19.7 Å². The van der Waals surface area contributed by atoms with Crippen LogP contribution in [0.1, 0.15) is 45.3 Å². The highest BCUT2D eigenvalue weighted by atomic mass is 35.5. The topological polar surface area (TPSA) is 123 Å². The summed E-state index contributed by atoms with van der Waals surface area (Å²) in [4.78, 5) is 35.5. The maximum Gasteiger partial charge on any atom is 0.416 e. The standard InChI is InChI=1S/C17H12ClF3N6O3/c1-8(24-14(28)9-5-10(17(19,20)21)7-11(18)6-9)13-25-12(15(29)30)26-27(13)16-22-3-2-4-23-16/h2-8H,1H3,(H,24,28)(H,29,30)/t8-/m1/s1. The summed E-state index contributed by atoms with van der Waals surface area (Å²) in [5, 5.41) is 15.1. The summed E-state index contributed by atoms with van der Waals surface area (Å²) in [5.41, 5.74) is -1.41. The van der Waals surface area contributed by atoms with Crippen molar-refractivity contribution < 1.29 is 27.9 Å². The summed E-state index contributed by atoms with van der Waals surface area (Å²) in [6, 6.07) is 2.99. The molecule has 0 fully saturated rings. The van der Waals surface area contributed by atoms with Crippen LogP contribution in [0.5, 0.6) is 0 Å². The van der Waals surface area contributed by atoms with E-state index in [1.165, 1.54) is 25.4 Å². The number of carbonyl (C=O) groups is 2. The Bertz CT molecular complexity index is 1100. The third-order valence-corrected chi connectivity index (χ3v) is 4.01. The van der Waals surface area contributed by atoms with Crippen molar-refractivity contribution in [1.82, 2.24) is 30.0 Å². The van der Waals surface area contributed by atoms with E-state index in [-0.39, 0.29) is 22.4 Å². The molecule has 0 saturated carbocycles. The smallest absolute Gasteiger partial charge is 0.416 e. The first-order valence-electron chi connectivity index (χ1n) is 8.22. The van der Waals surface area contributed by atoms with Crippen LogP contribution < -0.4 is 5.32 Å². The lowest BCUT2D eigenvalue weighted by Crippen LogP contribution is -2.29. The molecular weight excluding hydrogens is 429 g/mol. The number of hydrogen-bond acceptors (Lipinski definition) is 6. The molecule has 0 spiro atoms. The molecule has 30 heavy (non-hydrogen) atoms. The van der Waals surface area contributed by atoms with Crippen LogP contribution >= 0.6 is 11.6 Å². The molecule has 0 unspecified atom stereocenters. The van der Waals surface area contributed by atoms with Crippen molar-refractivity contribution in [2.24, 2.45) is 0 Å². The zero-order chi connectivity index (χ0) is 22.1. The van der Waals surface area contributed by atoms with Gasteiger partial charge in [0.05, 0.1) is 11.6 Å². The second-order valence-electron chi connectivity index (χ2n) is 5.98. The number of alkyl halides is 3. The summed E-state index contributed by atoms with van der Waals surface area (Å²) in [6.07, 6.45) is -1.91. The van der Waals surface area contributed by atoms with Gasteiger partial charge in [0, 0.05) is 23.0 Å². The number of aromatic carboxylic acids is 1. The normalized spacial score (nSPS) is 12.4. The zero-order valence-electron chi connectivity index (χ0n) is 15.1. The first-order valence-corrected chi connectivity index (χ1v) is 8.60. The van der Waals surface area contributed by atoms with Crippen molar-refractivity contribution in [2.75, 3.05) is 0 Å². The molecule has 2 N–H and O–H groups in total. The third-order valence-electron chi connectivity index (χ3n) is 3.79. The van der Waals surface area contributed by atoms with Crippen LogP contribution in [0.4, 0.5) is 13.2 Å². The van der Waals surface area contributed by atoms with Gasteiger partial charge in [-0.3, -0.25) is 4.79 Å². The average Bonchev–Trinajstić information content (AvgIpc) is 3.13. The van der Waals surface area contributed by atoms with Gasteiger partial charge in [-0.15, -0.1) is 5.10 Å². The van der Waals surface area contributed by atoms with Crippen LogP contribution in [0.15, 0.2) is 36.7 Å². The van der Waals surface area contributed by atoms with E-state index in [4.69, 9.17) is 16.7 Å². The van der Waals surface area contributed by atoms with Crippen molar-refractivity contribution in [3.63, 3.8) is 0 Å². The maximum absolute atomic E-state index is 13.0. The Morgan fingerprint density at radius 3 is 2.47 bits per heavy atom. The number of hydrogen-bond donors (Lipinski definition) is 2. The van der Waals surface area contributed by atoms with Gasteiger partial charge in [-0.1, -0.05) is 11.6 Å². The van der Waals surface area contributed by atoms with E-state index in [0.29, 0.717) is 12.1 Å². The predicted octanol–water partition coefficient (Wildman–Crippen LogP) is 2.92. The number of aromatic nitrogens is 5. The van der Waals surface area contributed by atoms with Crippen LogP contribution in [0, 0.1) is 0 Å². The van der Waals surface area contributed by atoms with E-state index in [1.54, 1.807) is 0 Å². The van der Waals surface area contributed by atoms with Gasteiger partial charge < -0.3 is 10.4 Å². The summed E-state index contributed by atoms with van der Waals surface area (Å²) >= 11 is 5.71. The van der Waals surface area contributed by atoms with Crippen molar-refractivity contribution >= 4 is 23.5 Å². The fourth-order valence-corrected chi connectivity index (χ4v) is 2.71. The fraction of sp³-hybridized carbons (Fsp3) is 0.176. The molecule has 0 aliphatic rings. The molecule has 1 atom stereocenters. The number of nitrogens with one attached hydrogen (secondary N) is 1. The molecule has 1 aromatic carbocycles. The number of rotatable bonds is 5. The van der Waals surface area contributed by atoms with E-state index in [9.17, 15) is 22.8 Å². The molecule has 0 bridgehead atoms. The largest absolute Gasteiger partial charge is 0.475 e. The molecule has 13 heteroatoms. The average molecular weight is 441 g/mol. The molecule has 2 aromatic heterocycles. The highest BCUT2D eigenvalue weighted by Gasteiger charge is 2.32. The Morgan fingerprint density at radius 1 is 1.20 bits per heavy atom. The van der Waals surface area contributed by atoms with E-state index in [1.807, 2.05) is 0 Å². The minimum Gasteiger partial charge on any atom is -0.475 e. The van der Waals surface area contributed by atoms with E-state index >= 15 is 0 Å². The summed E-state index contributed by atoms with van der Waals surface area (Å²) in [6.45, 7) is 1.45. The van der Waals surface area contributed by atoms with Gasteiger partial charge in [0.1, 0.15) is 0 Å². The zero-order valence-corrected chi connectivity index (χ0v) is 15.8. The monoisotopic (exact) mass is 440 g/mol. The quantitative estimate of drug-likeness (QED) is 0.625. The lowest BCUT2D eigenvalue weighted by atomic mass is 10.1. The van der Waals surface area contributed by atoms with Gasteiger partial charge in [0.15, 0.2) is 5.82 Å². The summed E-state index contributed by atoms with van der Waals surface area (Å²) in [7, 11) is 0. The number of benzene rings is 1. The maximum atomic E-state index is 13.0. The Morgan fingerprint density at radius 2 is 1.87 bits per heavy atom. The van der Waals surface area contributed by atoms with Gasteiger partial charge >= 0.3 is 12.1 Å². The van der Waals surface area contributed by atoms with Crippen molar-refractivity contribution in [3.05, 3.63) is 64.5 Å². The first-order chi connectivity index (χ1) is 14.1. The molecule has 1 amide bonds. The molecule has 156 valence electrons. The molecule has 2 heterocycles. The number of carboxylic acid groups (broad SMARTS) is 1. The van der Waals surface area contributed by atoms with E-state index in [2.05, 4.69) is 25.4 Å². The molecular formula is C17H12ClF3N6O3. The van der Waals surface area contributed by atoms with Crippen LogP contribution in [-0.4, -0.2) is 41.7 Å². The summed E-state index contributed by atoms with van der Waals surface area (Å²) < 4.78 is 40.0. The molecule has 0 aliphatic heterocycles. The van der Waals surface area contributed by atoms with Crippen molar-refractivity contribution in [3.8, 4) is 5.95 Å². The second kappa shape index (κ2) is 8.06. The van der Waals surface area contributed by atoms with E-state index < -0.39 is 35.5 Å². The SMILES string of the molecule is C[C@@H](NC(=O)c1cc(Cl)cc(C(F)(F)F)c1)c1nc(C(=O)O)nn1-c1ncccn1. The fourth-order valence-electron chi connectivity index (χ4n) is 2.47. The third kappa shape index (κ3) is 4.54. The Hall–Kier alpha value is -3.54. The molecule has 0 aliphatic carbocycles. The number of amides is 1. The lowest BCUT2D eigenvalue weighted by Gasteiger charge is -2.15. The van der Waals surface area contributed by atoms with Crippen LogP contribution in [0.3, 0.4) is 0 Å². The Balaban J connectivity index is 1.93. The first kappa shape index (κ1) is 21.2. The van der Waals surface area contributed by atoms with Crippen LogP contribution in [0.25, 0.3) is 5.95 Å². The molecule has 0 saturated heterocycles. The number of halogens is 4. The van der Waals surface area contributed by atoms with Gasteiger partial charge in [-0.05, 0) is 31.2 Å². The predicted molar refractivity (Wildman–Crippen MR) is 96.2 cm³/mol. The minimum atomic E-state index is -4.69.